The average molecular weight is 139 g/mol. The van der Waals surface area contributed by atoms with E-state index in [2.05, 4.69) is 25.7 Å². The Morgan fingerprint density at radius 3 is 2.20 bits per heavy atom. The molecule has 1 nitrogen and oxygen atoms in total. The standard InChI is InChI=1S/C9H17N/c1-7(2)10-5-9(6-10)4-8(9)3/h7-8H,4-6H2,1-3H3/t8-/m1/s1. The van der Waals surface area contributed by atoms with Crippen LogP contribution in [0.3, 0.4) is 0 Å². The van der Waals surface area contributed by atoms with Gasteiger partial charge in [0.2, 0.25) is 0 Å². The van der Waals surface area contributed by atoms with Crippen LogP contribution >= 0.6 is 0 Å². The van der Waals surface area contributed by atoms with Crippen molar-refractivity contribution in [2.75, 3.05) is 13.1 Å². The maximum absolute atomic E-state index is 2.57. The molecule has 1 saturated carbocycles. The maximum atomic E-state index is 2.57. The van der Waals surface area contributed by atoms with Crippen LogP contribution < -0.4 is 0 Å². The molecule has 10 heavy (non-hydrogen) atoms. The highest BCUT2D eigenvalue weighted by atomic mass is 15.2. The number of hydrogen-bond acceptors (Lipinski definition) is 1. The Kier molecular flexibility index (Phi) is 1.17. The lowest BCUT2D eigenvalue weighted by Gasteiger charge is -2.43. The Morgan fingerprint density at radius 2 is 1.90 bits per heavy atom. The zero-order valence-corrected chi connectivity index (χ0v) is 7.22. The van der Waals surface area contributed by atoms with Crippen LogP contribution in [0.25, 0.3) is 0 Å². The van der Waals surface area contributed by atoms with Crippen molar-refractivity contribution in [1.29, 1.82) is 0 Å². The lowest BCUT2D eigenvalue weighted by molar-refractivity contribution is 0.0414. The Balaban J connectivity index is 1.84. The first-order valence-electron chi connectivity index (χ1n) is 4.38. The molecule has 0 bridgehead atoms. The highest BCUT2D eigenvalue weighted by Crippen LogP contribution is 2.58. The van der Waals surface area contributed by atoms with Gasteiger partial charge >= 0.3 is 0 Å². The molecule has 1 aliphatic heterocycles. The molecule has 1 atom stereocenters. The smallest absolute Gasteiger partial charge is 0.00559 e. The van der Waals surface area contributed by atoms with Gasteiger partial charge in [0, 0.05) is 19.1 Å². The Labute approximate surface area is 63.4 Å². The summed E-state index contributed by atoms with van der Waals surface area (Å²) in [4.78, 5) is 2.57. The van der Waals surface area contributed by atoms with Crippen molar-refractivity contribution < 1.29 is 0 Å². The van der Waals surface area contributed by atoms with Crippen LogP contribution in [-0.2, 0) is 0 Å². The van der Waals surface area contributed by atoms with E-state index in [1.807, 2.05) is 0 Å². The quantitative estimate of drug-likeness (QED) is 0.535. The second-order valence-electron chi connectivity index (χ2n) is 4.47. The van der Waals surface area contributed by atoms with Crippen LogP contribution in [0.4, 0.5) is 0 Å². The summed E-state index contributed by atoms with van der Waals surface area (Å²) in [5.74, 6) is 1.03. The van der Waals surface area contributed by atoms with Crippen LogP contribution in [0.1, 0.15) is 27.2 Å². The van der Waals surface area contributed by atoms with Crippen molar-refractivity contribution >= 4 is 0 Å². The number of likely N-dealkylation sites (tertiary alicyclic amines) is 1. The van der Waals surface area contributed by atoms with Gasteiger partial charge in [-0.1, -0.05) is 6.92 Å². The summed E-state index contributed by atoms with van der Waals surface area (Å²) < 4.78 is 0. The average Bonchev–Trinajstić information content (AvgIpc) is 2.36. The van der Waals surface area contributed by atoms with Crippen LogP contribution in [-0.4, -0.2) is 24.0 Å². The molecule has 2 aliphatic rings. The summed E-state index contributed by atoms with van der Waals surface area (Å²) in [7, 11) is 0. The minimum atomic E-state index is 0.776. The molecule has 2 fully saturated rings. The summed E-state index contributed by atoms with van der Waals surface area (Å²) in [5.41, 5.74) is 0.810. The predicted molar refractivity (Wildman–Crippen MR) is 42.9 cm³/mol. The normalized spacial score (nSPS) is 36.6. The molecule has 0 radical (unpaired) electrons. The molecule has 0 N–H and O–H groups in total. The number of hydrogen-bond donors (Lipinski definition) is 0. The van der Waals surface area contributed by atoms with Gasteiger partial charge in [-0.05, 0) is 31.6 Å². The Morgan fingerprint density at radius 1 is 1.40 bits per heavy atom. The first-order valence-corrected chi connectivity index (χ1v) is 4.38. The largest absolute Gasteiger partial charge is 0.300 e. The molecule has 1 aliphatic carbocycles. The zero-order chi connectivity index (χ0) is 7.35. The topological polar surface area (TPSA) is 3.24 Å². The first kappa shape index (κ1) is 6.66. The molecule has 0 aromatic heterocycles. The molecule has 58 valence electrons. The predicted octanol–water partition coefficient (Wildman–Crippen LogP) is 1.74. The van der Waals surface area contributed by atoms with Gasteiger partial charge in [-0.25, -0.2) is 0 Å². The summed E-state index contributed by atoms with van der Waals surface area (Å²) in [6.45, 7) is 9.73. The summed E-state index contributed by atoms with van der Waals surface area (Å²) >= 11 is 0. The van der Waals surface area contributed by atoms with Crippen molar-refractivity contribution in [2.24, 2.45) is 11.3 Å². The van der Waals surface area contributed by atoms with Crippen molar-refractivity contribution in [3.63, 3.8) is 0 Å². The van der Waals surface area contributed by atoms with Gasteiger partial charge in [-0.2, -0.15) is 0 Å². The van der Waals surface area contributed by atoms with Gasteiger partial charge in [0.1, 0.15) is 0 Å². The maximum Gasteiger partial charge on any atom is 0.00559 e. The summed E-state index contributed by atoms with van der Waals surface area (Å²) in [5, 5.41) is 0. The molecule has 1 spiro atoms. The number of rotatable bonds is 1. The van der Waals surface area contributed by atoms with Crippen LogP contribution in [0, 0.1) is 11.3 Å². The summed E-state index contributed by atoms with van der Waals surface area (Å²) in [6, 6.07) is 0.776. The van der Waals surface area contributed by atoms with E-state index in [0.29, 0.717) is 0 Å². The lowest BCUT2D eigenvalue weighted by Crippen LogP contribution is -2.52. The van der Waals surface area contributed by atoms with Gasteiger partial charge in [0.15, 0.2) is 0 Å². The van der Waals surface area contributed by atoms with Crippen molar-refractivity contribution in [3.05, 3.63) is 0 Å². The van der Waals surface area contributed by atoms with E-state index in [1.165, 1.54) is 19.5 Å². The van der Waals surface area contributed by atoms with Gasteiger partial charge in [-0.3, -0.25) is 4.90 Å². The molecule has 1 heterocycles. The van der Waals surface area contributed by atoms with E-state index in [9.17, 15) is 0 Å². The molecule has 2 rings (SSSR count). The van der Waals surface area contributed by atoms with Crippen molar-refractivity contribution in [2.45, 2.75) is 33.2 Å². The van der Waals surface area contributed by atoms with Crippen LogP contribution in [0.2, 0.25) is 0 Å². The molecule has 0 aromatic rings. The van der Waals surface area contributed by atoms with Crippen molar-refractivity contribution in [3.8, 4) is 0 Å². The van der Waals surface area contributed by atoms with Gasteiger partial charge in [-0.15, -0.1) is 0 Å². The van der Waals surface area contributed by atoms with E-state index < -0.39 is 0 Å². The molecule has 0 unspecified atom stereocenters. The third-order valence-corrected chi connectivity index (χ3v) is 3.36. The Bertz CT molecular complexity index is 145. The monoisotopic (exact) mass is 139 g/mol. The van der Waals surface area contributed by atoms with Gasteiger partial charge in [0.25, 0.3) is 0 Å². The first-order chi connectivity index (χ1) is 4.64. The fourth-order valence-corrected chi connectivity index (χ4v) is 2.12. The molecule has 0 amide bonds. The second-order valence-corrected chi connectivity index (χ2v) is 4.47. The molecule has 1 heteroatoms. The van der Waals surface area contributed by atoms with E-state index >= 15 is 0 Å². The van der Waals surface area contributed by atoms with Gasteiger partial charge in [0.05, 0.1) is 0 Å². The van der Waals surface area contributed by atoms with E-state index in [1.54, 1.807) is 0 Å². The Hall–Kier alpha value is -0.0400. The van der Waals surface area contributed by atoms with Gasteiger partial charge < -0.3 is 0 Å². The third-order valence-electron chi connectivity index (χ3n) is 3.36. The van der Waals surface area contributed by atoms with E-state index in [4.69, 9.17) is 0 Å². The highest BCUT2D eigenvalue weighted by molar-refractivity contribution is 5.10. The van der Waals surface area contributed by atoms with E-state index in [-0.39, 0.29) is 0 Å². The van der Waals surface area contributed by atoms with Crippen LogP contribution in [0.5, 0.6) is 0 Å². The van der Waals surface area contributed by atoms with E-state index in [0.717, 1.165) is 17.4 Å². The third kappa shape index (κ3) is 0.731. The molecular weight excluding hydrogens is 122 g/mol. The fourth-order valence-electron chi connectivity index (χ4n) is 2.12. The summed E-state index contributed by atoms with van der Waals surface area (Å²) in [6.07, 6.45) is 1.50. The molecular formula is C9H17N. The van der Waals surface area contributed by atoms with Crippen molar-refractivity contribution in [1.82, 2.24) is 4.90 Å². The molecule has 1 saturated heterocycles. The second kappa shape index (κ2) is 1.76. The lowest BCUT2D eigenvalue weighted by atomic mass is 9.92. The van der Waals surface area contributed by atoms with Crippen LogP contribution in [0.15, 0.2) is 0 Å². The minimum absolute atomic E-state index is 0.776. The molecule has 0 aromatic carbocycles. The number of nitrogens with zero attached hydrogens (tertiary/aromatic N) is 1. The fraction of sp³-hybridized carbons (Fsp3) is 1.00. The zero-order valence-electron chi connectivity index (χ0n) is 7.22. The SMILES string of the molecule is CC(C)N1CC2(C[C@H]2C)C1. The minimum Gasteiger partial charge on any atom is -0.300 e. The highest BCUT2D eigenvalue weighted by Gasteiger charge is 2.58.